The van der Waals surface area contributed by atoms with Gasteiger partial charge in [-0.2, -0.15) is 0 Å². The minimum atomic E-state index is -0.405. The first kappa shape index (κ1) is 12.6. The number of halogens is 1. The molecule has 0 saturated heterocycles. The first-order chi connectivity index (χ1) is 8.06. The maximum absolute atomic E-state index is 10.6. The summed E-state index contributed by atoms with van der Waals surface area (Å²) < 4.78 is 6.56. The second-order valence-electron chi connectivity index (χ2n) is 4.18. The van der Waals surface area contributed by atoms with Crippen LogP contribution in [0.1, 0.15) is 19.3 Å². The van der Waals surface area contributed by atoms with Crippen LogP contribution in [-0.2, 0) is 0 Å². The van der Waals surface area contributed by atoms with E-state index in [4.69, 9.17) is 10.5 Å². The summed E-state index contributed by atoms with van der Waals surface area (Å²) in [6.45, 7) is 0. The number of benzene rings is 1. The summed E-state index contributed by atoms with van der Waals surface area (Å²) in [6.07, 6.45) is 2.93. The Kier molecular flexibility index (Phi) is 3.82. The molecule has 0 amide bonds. The quantitative estimate of drug-likeness (QED) is 0.517. The highest BCUT2D eigenvalue weighted by Gasteiger charge is 2.24. The number of nitrogens with two attached hydrogens (primary N) is 1. The highest BCUT2D eigenvalue weighted by atomic mass is 127. The van der Waals surface area contributed by atoms with Gasteiger partial charge in [0.1, 0.15) is 11.9 Å². The molecule has 2 unspecified atom stereocenters. The molecule has 92 valence electrons. The van der Waals surface area contributed by atoms with Gasteiger partial charge in [0.25, 0.3) is 5.69 Å². The highest BCUT2D eigenvalue weighted by molar-refractivity contribution is 14.1. The van der Waals surface area contributed by atoms with Crippen LogP contribution < -0.4 is 10.5 Å². The minimum absolute atomic E-state index is 0.0878. The molecule has 0 aromatic heterocycles. The van der Waals surface area contributed by atoms with Gasteiger partial charge in [-0.05, 0) is 47.9 Å². The van der Waals surface area contributed by atoms with Crippen molar-refractivity contribution in [1.29, 1.82) is 0 Å². The van der Waals surface area contributed by atoms with Crippen molar-refractivity contribution in [2.75, 3.05) is 0 Å². The van der Waals surface area contributed by atoms with Crippen molar-refractivity contribution in [1.82, 2.24) is 0 Å². The van der Waals surface area contributed by atoms with Crippen LogP contribution in [0.5, 0.6) is 5.75 Å². The molecule has 2 N–H and O–H groups in total. The number of hydrogen-bond donors (Lipinski definition) is 1. The molecular formula is C11H13IN2O3. The first-order valence-corrected chi connectivity index (χ1v) is 6.50. The third-order valence-corrected chi connectivity index (χ3v) is 3.69. The van der Waals surface area contributed by atoms with E-state index in [2.05, 4.69) is 22.6 Å². The molecule has 0 aliphatic heterocycles. The van der Waals surface area contributed by atoms with Crippen LogP contribution in [0.3, 0.4) is 0 Å². The van der Waals surface area contributed by atoms with Crippen molar-refractivity contribution in [3.05, 3.63) is 31.9 Å². The second kappa shape index (κ2) is 5.18. The van der Waals surface area contributed by atoms with Gasteiger partial charge in [-0.3, -0.25) is 10.1 Å². The van der Waals surface area contributed by atoms with Crippen LogP contribution in [-0.4, -0.2) is 17.1 Å². The molecule has 17 heavy (non-hydrogen) atoms. The number of rotatable bonds is 3. The molecule has 0 spiro atoms. The van der Waals surface area contributed by atoms with Gasteiger partial charge in [-0.1, -0.05) is 0 Å². The molecule has 1 aromatic carbocycles. The Morgan fingerprint density at radius 2 is 2.24 bits per heavy atom. The molecule has 0 heterocycles. The summed E-state index contributed by atoms with van der Waals surface area (Å²) in [5.41, 5.74) is 5.90. The van der Waals surface area contributed by atoms with E-state index in [0.717, 1.165) is 22.8 Å². The lowest BCUT2D eigenvalue weighted by atomic mass is 10.2. The fraction of sp³-hybridized carbons (Fsp3) is 0.455. The van der Waals surface area contributed by atoms with E-state index in [0.29, 0.717) is 5.75 Å². The molecule has 2 atom stereocenters. The zero-order valence-electron chi connectivity index (χ0n) is 9.14. The van der Waals surface area contributed by atoms with Gasteiger partial charge in [0.2, 0.25) is 0 Å². The van der Waals surface area contributed by atoms with E-state index in [9.17, 15) is 10.1 Å². The third kappa shape index (κ3) is 3.06. The second-order valence-corrected chi connectivity index (χ2v) is 5.35. The number of nitro groups is 1. The Morgan fingerprint density at radius 3 is 2.76 bits per heavy atom. The zero-order chi connectivity index (χ0) is 12.4. The van der Waals surface area contributed by atoms with E-state index in [1.54, 1.807) is 6.07 Å². The molecular weight excluding hydrogens is 335 g/mol. The Bertz CT molecular complexity index is 439. The lowest BCUT2D eigenvalue weighted by Gasteiger charge is -2.14. The van der Waals surface area contributed by atoms with Gasteiger partial charge in [-0.25, -0.2) is 0 Å². The molecule has 0 radical (unpaired) electrons. The molecule has 6 heteroatoms. The maximum Gasteiger partial charge on any atom is 0.270 e. The molecule has 1 fully saturated rings. The number of ether oxygens (including phenoxy) is 1. The Morgan fingerprint density at radius 1 is 1.47 bits per heavy atom. The molecule has 1 aromatic rings. The molecule has 1 aliphatic rings. The summed E-state index contributed by atoms with van der Waals surface area (Å²) in [5, 5.41) is 10.6. The van der Waals surface area contributed by atoms with Crippen molar-refractivity contribution < 1.29 is 9.66 Å². The topological polar surface area (TPSA) is 78.4 Å². The van der Waals surface area contributed by atoms with Gasteiger partial charge in [-0.15, -0.1) is 0 Å². The number of nitro benzene ring substituents is 1. The molecule has 1 aliphatic carbocycles. The Balaban J connectivity index is 2.09. The standard InChI is InChI=1S/C11H13IN2O3/c12-10-6-8(14(15)16)2-4-11(10)17-9-3-1-7(13)5-9/h2,4,6-7,9H,1,3,5,13H2. The van der Waals surface area contributed by atoms with E-state index in [-0.39, 0.29) is 17.8 Å². The van der Waals surface area contributed by atoms with Crippen molar-refractivity contribution >= 4 is 28.3 Å². The number of non-ortho nitro benzene ring substituents is 1. The Labute approximate surface area is 113 Å². The van der Waals surface area contributed by atoms with Crippen molar-refractivity contribution in [3.8, 4) is 5.75 Å². The Hall–Kier alpha value is -0.890. The van der Waals surface area contributed by atoms with E-state index in [1.807, 2.05) is 0 Å². The van der Waals surface area contributed by atoms with Gasteiger partial charge < -0.3 is 10.5 Å². The van der Waals surface area contributed by atoms with Crippen LogP contribution in [0.4, 0.5) is 5.69 Å². The first-order valence-electron chi connectivity index (χ1n) is 5.42. The average molecular weight is 348 g/mol. The summed E-state index contributed by atoms with van der Waals surface area (Å²) in [5.74, 6) is 0.704. The maximum atomic E-state index is 10.6. The number of hydrogen-bond acceptors (Lipinski definition) is 4. The van der Waals surface area contributed by atoms with Gasteiger partial charge in [0.15, 0.2) is 0 Å². The molecule has 5 nitrogen and oxygen atoms in total. The summed E-state index contributed by atoms with van der Waals surface area (Å²) in [4.78, 5) is 10.2. The predicted molar refractivity (Wildman–Crippen MR) is 72.1 cm³/mol. The van der Waals surface area contributed by atoms with Gasteiger partial charge in [0.05, 0.1) is 8.49 Å². The smallest absolute Gasteiger partial charge is 0.270 e. The van der Waals surface area contributed by atoms with Crippen LogP contribution in [0.15, 0.2) is 18.2 Å². The van der Waals surface area contributed by atoms with E-state index >= 15 is 0 Å². The van der Waals surface area contributed by atoms with Crippen molar-refractivity contribution in [2.45, 2.75) is 31.4 Å². The molecule has 2 rings (SSSR count). The zero-order valence-corrected chi connectivity index (χ0v) is 11.3. The fourth-order valence-electron chi connectivity index (χ4n) is 1.96. The predicted octanol–water partition coefficient (Wildman–Crippen LogP) is 2.46. The van der Waals surface area contributed by atoms with E-state index in [1.165, 1.54) is 12.1 Å². The van der Waals surface area contributed by atoms with Crippen LogP contribution in [0.2, 0.25) is 0 Å². The van der Waals surface area contributed by atoms with E-state index < -0.39 is 4.92 Å². The third-order valence-electron chi connectivity index (χ3n) is 2.84. The SMILES string of the molecule is NC1CCC(Oc2ccc([N+](=O)[O-])cc2I)C1. The summed E-state index contributed by atoms with van der Waals surface area (Å²) in [7, 11) is 0. The van der Waals surface area contributed by atoms with Crippen LogP contribution in [0.25, 0.3) is 0 Å². The molecule has 0 bridgehead atoms. The van der Waals surface area contributed by atoms with Crippen molar-refractivity contribution in [2.24, 2.45) is 5.73 Å². The van der Waals surface area contributed by atoms with Gasteiger partial charge in [0, 0.05) is 18.2 Å². The lowest BCUT2D eigenvalue weighted by molar-refractivity contribution is -0.385. The largest absolute Gasteiger partial charge is 0.489 e. The molecule has 1 saturated carbocycles. The van der Waals surface area contributed by atoms with Crippen molar-refractivity contribution in [3.63, 3.8) is 0 Å². The highest BCUT2D eigenvalue weighted by Crippen LogP contribution is 2.29. The summed E-state index contributed by atoms with van der Waals surface area (Å²) in [6, 6.07) is 4.86. The average Bonchev–Trinajstić information content (AvgIpc) is 2.67. The summed E-state index contributed by atoms with van der Waals surface area (Å²) >= 11 is 2.05. The van der Waals surface area contributed by atoms with Gasteiger partial charge >= 0.3 is 0 Å². The minimum Gasteiger partial charge on any atom is -0.489 e. The van der Waals surface area contributed by atoms with Crippen LogP contribution in [0, 0.1) is 13.7 Å². The fourth-order valence-corrected chi connectivity index (χ4v) is 2.58. The lowest BCUT2D eigenvalue weighted by Crippen LogP contribution is -2.19. The van der Waals surface area contributed by atoms with Crippen LogP contribution >= 0.6 is 22.6 Å². The monoisotopic (exact) mass is 348 g/mol. The normalized spacial score (nSPS) is 23.6. The number of nitrogens with zero attached hydrogens (tertiary/aromatic N) is 1.